The van der Waals surface area contributed by atoms with E-state index in [1.807, 2.05) is 37.4 Å². The van der Waals surface area contributed by atoms with Gasteiger partial charge in [0.2, 0.25) is 5.91 Å². The number of hydrogen-bond acceptors (Lipinski definition) is 4. The number of anilines is 1. The monoisotopic (exact) mass is 409 g/mol. The van der Waals surface area contributed by atoms with Crippen LogP contribution in [0.3, 0.4) is 0 Å². The summed E-state index contributed by atoms with van der Waals surface area (Å²) in [6, 6.07) is 12.2. The SMILES string of the molecule is C[NH2+]CC(=O)N[C@H]1C[C@H]2C(=O)Nc3ccc(-c4ccc(OC)cc4)cc3C(=O)N2C1. The molecule has 0 bridgehead atoms. The molecule has 156 valence electrons. The van der Waals surface area contributed by atoms with E-state index in [0.29, 0.717) is 30.8 Å². The molecule has 2 aromatic rings. The highest BCUT2D eigenvalue weighted by Crippen LogP contribution is 2.32. The Hall–Kier alpha value is -3.39. The molecule has 0 aliphatic carbocycles. The number of ether oxygens (including phenoxy) is 1. The zero-order chi connectivity index (χ0) is 21.3. The standard InChI is InChI=1S/C22H24N4O4/c1-23-11-20(27)24-15-10-19-21(28)25-18-8-5-14(9-17(18)22(29)26(19)12-15)13-3-6-16(30-2)7-4-13/h3-9,15,19,23H,10-12H2,1-2H3,(H,24,27)(H,25,28)/p+1/t15-,19-/m0/s1. The summed E-state index contributed by atoms with van der Waals surface area (Å²) in [4.78, 5) is 39.5. The van der Waals surface area contributed by atoms with Gasteiger partial charge in [0.15, 0.2) is 6.54 Å². The van der Waals surface area contributed by atoms with Crippen molar-refractivity contribution < 1.29 is 24.4 Å². The molecule has 0 aromatic heterocycles. The second-order valence-corrected chi connectivity index (χ2v) is 7.56. The number of likely N-dealkylation sites (N-methyl/N-ethyl adjacent to an activating group) is 1. The third-order valence-electron chi connectivity index (χ3n) is 5.55. The average Bonchev–Trinajstić information content (AvgIpc) is 3.14. The highest BCUT2D eigenvalue weighted by atomic mass is 16.5. The minimum atomic E-state index is -0.592. The molecule has 1 fully saturated rings. The van der Waals surface area contributed by atoms with Crippen LogP contribution in [0.1, 0.15) is 16.8 Å². The predicted octanol–water partition coefficient (Wildman–Crippen LogP) is 0.207. The summed E-state index contributed by atoms with van der Waals surface area (Å²) in [6.45, 7) is 0.633. The molecule has 2 aromatic carbocycles. The van der Waals surface area contributed by atoms with Crippen LogP contribution in [0.4, 0.5) is 5.69 Å². The fourth-order valence-corrected chi connectivity index (χ4v) is 4.05. The number of nitrogens with zero attached hydrogens (tertiary/aromatic N) is 1. The summed E-state index contributed by atoms with van der Waals surface area (Å²) in [6.07, 6.45) is 0.409. The fourth-order valence-electron chi connectivity index (χ4n) is 4.05. The van der Waals surface area contributed by atoms with Gasteiger partial charge in [-0.05, 0) is 41.8 Å². The Morgan fingerprint density at radius 1 is 1.20 bits per heavy atom. The first-order valence-electron chi connectivity index (χ1n) is 9.97. The third kappa shape index (κ3) is 3.73. The van der Waals surface area contributed by atoms with Crippen LogP contribution >= 0.6 is 0 Å². The Morgan fingerprint density at radius 2 is 1.93 bits per heavy atom. The summed E-state index contributed by atoms with van der Waals surface area (Å²) in [7, 11) is 3.43. The van der Waals surface area contributed by atoms with Crippen molar-refractivity contribution in [1.82, 2.24) is 10.2 Å². The van der Waals surface area contributed by atoms with E-state index < -0.39 is 6.04 Å². The summed E-state index contributed by atoms with van der Waals surface area (Å²) in [5.41, 5.74) is 2.78. The van der Waals surface area contributed by atoms with Crippen molar-refractivity contribution in [1.29, 1.82) is 0 Å². The zero-order valence-electron chi connectivity index (χ0n) is 17.0. The molecular weight excluding hydrogens is 384 g/mol. The van der Waals surface area contributed by atoms with E-state index in [1.54, 1.807) is 29.5 Å². The quantitative estimate of drug-likeness (QED) is 0.657. The number of fused-ring (bicyclic) bond motifs is 2. The molecule has 2 aliphatic heterocycles. The van der Waals surface area contributed by atoms with Gasteiger partial charge >= 0.3 is 0 Å². The second-order valence-electron chi connectivity index (χ2n) is 7.56. The van der Waals surface area contributed by atoms with Gasteiger partial charge in [-0.15, -0.1) is 0 Å². The molecule has 2 aliphatic rings. The lowest BCUT2D eigenvalue weighted by Crippen LogP contribution is -2.82. The maximum Gasteiger partial charge on any atom is 0.275 e. The first-order valence-corrected chi connectivity index (χ1v) is 9.97. The zero-order valence-corrected chi connectivity index (χ0v) is 17.0. The third-order valence-corrected chi connectivity index (χ3v) is 5.55. The molecule has 8 heteroatoms. The Labute approximate surface area is 174 Å². The smallest absolute Gasteiger partial charge is 0.275 e. The first-order chi connectivity index (χ1) is 14.5. The number of benzene rings is 2. The number of nitrogens with two attached hydrogens (primary N) is 1. The lowest BCUT2D eigenvalue weighted by molar-refractivity contribution is -0.615. The van der Waals surface area contributed by atoms with Gasteiger partial charge in [-0.3, -0.25) is 14.4 Å². The maximum atomic E-state index is 13.3. The number of hydrogen-bond donors (Lipinski definition) is 3. The van der Waals surface area contributed by atoms with Gasteiger partial charge in [0.25, 0.3) is 11.8 Å². The number of rotatable bonds is 5. The summed E-state index contributed by atoms with van der Waals surface area (Å²) in [5, 5.41) is 7.57. The normalized spacial score (nSPS) is 20.1. The molecule has 4 N–H and O–H groups in total. The Bertz CT molecular complexity index is 989. The highest BCUT2D eigenvalue weighted by Gasteiger charge is 2.43. The van der Waals surface area contributed by atoms with E-state index in [9.17, 15) is 14.4 Å². The van der Waals surface area contributed by atoms with Crippen molar-refractivity contribution in [2.75, 3.05) is 32.6 Å². The second kappa shape index (κ2) is 8.16. The van der Waals surface area contributed by atoms with E-state index in [4.69, 9.17) is 4.74 Å². The molecule has 3 amide bonds. The predicted molar refractivity (Wildman–Crippen MR) is 111 cm³/mol. The summed E-state index contributed by atoms with van der Waals surface area (Å²) >= 11 is 0. The van der Waals surface area contributed by atoms with Crippen LogP contribution in [0.25, 0.3) is 11.1 Å². The van der Waals surface area contributed by atoms with Crippen LogP contribution in [0.5, 0.6) is 5.75 Å². The Morgan fingerprint density at radius 3 is 2.63 bits per heavy atom. The van der Waals surface area contributed by atoms with Gasteiger partial charge in [0, 0.05) is 12.6 Å². The van der Waals surface area contributed by atoms with Crippen LogP contribution < -0.4 is 20.7 Å². The molecule has 0 unspecified atom stereocenters. The van der Waals surface area contributed by atoms with Crippen LogP contribution in [0.2, 0.25) is 0 Å². The molecular formula is C22H25N4O4+. The van der Waals surface area contributed by atoms with Crippen molar-refractivity contribution in [2.24, 2.45) is 0 Å². The minimum absolute atomic E-state index is 0.102. The first kappa shape index (κ1) is 19.9. The lowest BCUT2D eigenvalue weighted by atomic mass is 10.0. The van der Waals surface area contributed by atoms with Gasteiger partial charge in [0.05, 0.1) is 25.4 Å². The topological polar surface area (TPSA) is 104 Å². The largest absolute Gasteiger partial charge is 0.497 e. The van der Waals surface area contributed by atoms with Crippen LogP contribution in [0, 0.1) is 0 Å². The van der Waals surface area contributed by atoms with Crippen molar-refractivity contribution in [2.45, 2.75) is 18.5 Å². The molecule has 1 saturated heterocycles. The number of carbonyl (C=O) groups is 3. The minimum Gasteiger partial charge on any atom is -0.497 e. The van der Waals surface area contributed by atoms with Gasteiger partial charge in [-0.1, -0.05) is 18.2 Å². The molecule has 2 heterocycles. The van der Waals surface area contributed by atoms with Crippen LogP contribution in [-0.2, 0) is 9.59 Å². The summed E-state index contributed by atoms with van der Waals surface area (Å²) < 4.78 is 5.20. The molecule has 0 saturated carbocycles. The van der Waals surface area contributed by atoms with Crippen molar-refractivity contribution in [3.63, 3.8) is 0 Å². The van der Waals surface area contributed by atoms with E-state index in [1.165, 1.54) is 0 Å². The molecule has 4 rings (SSSR count). The number of methoxy groups -OCH3 is 1. The van der Waals surface area contributed by atoms with Gasteiger partial charge in [-0.25, -0.2) is 0 Å². The van der Waals surface area contributed by atoms with Gasteiger partial charge in [-0.2, -0.15) is 0 Å². The molecule has 0 spiro atoms. The van der Waals surface area contributed by atoms with E-state index in [2.05, 4.69) is 10.6 Å². The molecule has 8 nitrogen and oxygen atoms in total. The van der Waals surface area contributed by atoms with Crippen molar-refractivity contribution in [3.8, 4) is 16.9 Å². The van der Waals surface area contributed by atoms with Crippen LogP contribution in [0.15, 0.2) is 42.5 Å². The van der Waals surface area contributed by atoms with E-state index >= 15 is 0 Å². The Balaban J connectivity index is 1.61. The summed E-state index contributed by atoms with van der Waals surface area (Å²) in [5.74, 6) is 0.223. The highest BCUT2D eigenvalue weighted by molar-refractivity contribution is 6.10. The number of nitrogens with one attached hydrogen (secondary N) is 2. The Kier molecular flexibility index (Phi) is 5.41. The molecule has 0 radical (unpaired) electrons. The van der Waals surface area contributed by atoms with E-state index in [-0.39, 0.29) is 23.8 Å². The van der Waals surface area contributed by atoms with Gasteiger partial charge in [0.1, 0.15) is 11.8 Å². The molecule has 2 atom stereocenters. The van der Waals surface area contributed by atoms with E-state index in [0.717, 1.165) is 16.9 Å². The maximum absolute atomic E-state index is 13.3. The fraction of sp³-hybridized carbons (Fsp3) is 0.318. The lowest BCUT2D eigenvalue weighted by Gasteiger charge is -2.20. The van der Waals surface area contributed by atoms with Gasteiger partial charge < -0.3 is 25.6 Å². The van der Waals surface area contributed by atoms with Crippen molar-refractivity contribution in [3.05, 3.63) is 48.0 Å². The molecule has 30 heavy (non-hydrogen) atoms. The van der Waals surface area contributed by atoms with Crippen molar-refractivity contribution >= 4 is 23.4 Å². The number of quaternary nitrogens is 1. The number of carbonyl (C=O) groups excluding carboxylic acids is 3. The number of amides is 3. The average molecular weight is 409 g/mol. The van der Waals surface area contributed by atoms with Crippen LogP contribution in [-0.4, -0.2) is 62.0 Å².